The maximum atomic E-state index is 2.67. The first kappa shape index (κ1) is 41.0. The van der Waals surface area contributed by atoms with Crippen molar-refractivity contribution < 1.29 is 0 Å². The lowest BCUT2D eigenvalue weighted by atomic mass is 9.33. The summed E-state index contributed by atoms with van der Waals surface area (Å²) in [6.45, 7) is 28.1. The molecule has 0 aliphatic carbocycles. The van der Waals surface area contributed by atoms with Crippen LogP contribution in [0, 0.1) is 0 Å². The molecule has 2 heterocycles. The van der Waals surface area contributed by atoms with E-state index in [-0.39, 0.29) is 28.4 Å². The SMILES string of the molecule is CC(C)(C)c1ccc(N2c3ccc(C(C)(C)C)cc3B3c4cc(C(C)(C)C)ccc4N(c4c5ccccc5c(-c5ccccc5)c5ccccc45)c4cc(C(C)(C)C)cc2c43)cc1. The average Bonchev–Trinajstić information content (AvgIpc) is 3.24. The van der Waals surface area contributed by atoms with Crippen LogP contribution in [-0.2, 0) is 21.7 Å². The van der Waals surface area contributed by atoms with Crippen molar-refractivity contribution in [2.24, 2.45) is 0 Å². The lowest BCUT2D eigenvalue weighted by molar-refractivity contribution is 0.589. The molecule has 2 aliphatic heterocycles. The van der Waals surface area contributed by atoms with Crippen molar-refractivity contribution in [3.05, 3.63) is 174 Å². The van der Waals surface area contributed by atoms with Crippen LogP contribution in [0.25, 0.3) is 32.7 Å². The minimum absolute atomic E-state index is 0.0149. The van der Waals surface area contributed by atoms with Crippen LogP contribution in [0.1, 0.15) is 105 Å². The molecule has 3 heteroatoms. The van der Waals surface area contributed by atoms with Gasteiger partial charge >= 0.3 is 0 Å². The largest absolute Gasteiger partial charge is 0.311 e. The van der Waals surface area contributed by atoms with Gasteiger partial charge in [-0.15, -0.1) is 0 Å². The van der Waals surface area contributed by atoms with Gasteiger partial charge in [-0.2, -0.15) is 0 Å². The Morgan fingerprint density at radius 3 is 1.24 bits per heavy atom. The molecule has 0 amide bonds. The average molecular weight is 821 g/mol. The fraction of sp³-hybridized carbons (Fsp3) is 0.267. The van der Waals surface area contributed by atoms with E-state index in [4.69, 9.17) is 0 Å². The van der Waals surface area contributed by atoms with Gasteiger partial charge in [-0.25, -0.2) is 0 Å². The lowest BCUT2D eigenvalue weighted by Crippen LogP contribution is -2.61. The van der Waals surface area contributed by atoms with Crippen molar-refractivity contribution in [2.45, 2.75) is 105 Å². The molecular weight excluding hydrogens is 759 g/mol. The van der Waals surface area contributed by atoms with Crippen molar-refractivity contribution in [1.29, 1.82) is 0 Å². The molecule has 0 spiro atoms. The van der Waals surface area contributed by atoms with Crippen LogP contribution in [0.2, 0.25) is 0 Å². The van der Waals surface area contributed by atoms with Crippen LogP contribution in [0.4, 0.5) is 34.1 Å². The first-order chi connectivity index (χ1) is 29.8. The third-order valence-corrected chi connectivity index (χ3v) is 13.8. The number of nitrogens with zero attached hydrogens (tertiary/aromatic N) is 2. The van der Waals surface area contributed by atoms with Crippen LogP contribution in [0.15, 0.2) is 152 Å². The number of anilines is 6. The molecule has 0 unspecified atom stereocenters. The van der Waals surface area contributed by atoms with E-state index in [0.717, 1.165) is 0 Å². The van der Waals surface area contributed by atoms with E-state index < -0.39 is 0 Å². The van der Waals surface area contributed by atoms with Crippen LogP contribution in [-0.4, -0.2) is 6.71 Å². The zero-order valence-corrected chi connectivity index (χ0v) is 39.4. The Hall–Kier alpha value is -6.06. The van der Waals surface area contributed by atoms with Gasteiger partial charge in [0.05, 0.1) is 5.69 Å². The van der Waals surface area contributed by atoms with Gasteiger partial charge in [0.25, 0.3) is 6.71 Å². The zero-order chi connectivity index (χ0) is 44.4. The maximum absolute atomic E-state index is 2.67. The number of rotatable bonds is 3. The van der Waals surface area contributed by atoms with Crippen molar-refractivity contribution in [3.8, 4) is 11.1 Å². The third kappa shape index (κ3) is 6.69. The van der Waals surface area contributed by atoms with E-state index >= 15 is 0 Å². The molecule has 0 atom stereocenters. The minimum atomic E-state index is -0.123. The van der Waals surface area contributed by atoms with Gasteiger partial charge in [0.1, 0.15) is 0 Å². The molecule has 10 rings (SSSR count). The van der Waals surface area contributed by atoms with Crippen LogP contribution in [0.3, 0.4) is 0 Å². The van der Waals surface area contributed by atoms with Gasteiger partial charge in [-0.05, 0) is 119 Å². The van der Waals surface area contributed by atoms with Gasteiger partial charge in [0.15, 0.2) is 0 Å². The summed E-state index contributed by atoms with van der Waals surface area (Å²) in [5.74, 6) is 0. The Labute approximate surface area is 376 Å². The molecule has 0 saturated carbocycles. The number of benzene rings is 8. The third-order valence-electron chi connectivity index (χ3n) is 13.8. The van der Waals surface area contributed by atoms with E-state index in [1.807, 2.05) is 0 Å². The molecule has 0 aromatic heterocycles. The second-order valence-corrected chi connectivity index (χ2v) is 22.3. The first-order valence-corrected chi connectivity index (χ1v) is 23.0. The monoisotopic (exact) mass is 820 g/mol. The summed E-state index contributed by atoms with van der Waals surface area (Å²) < 4.78 is 0. The molecule has 314 valence electrons. The summed E-state index contributed by atoms with van der Waals surface area (Å²) in [5, 5.41) is 5.01. The molecule has 8 aromatic rings. The number of fused-ring (bicyclic) bond motifs is 6. The first-order valence-electron chi connectivity index (χ1n) is 23.0. The minimum Gasteiger partial charge on any atom is -0.311 e. The maximum Gasteiger partial charge on any atom is 0.252 e. The van der Waals surface area contributed by atoms with E-state index in [0.29, 0.717) is 0 Å². The highest BCUT2D eigenvalue weighted by Gasteiger charge is 2.45. The predicted octanol–water partition coefficient (Wildman–Crippen LogP) is 14.9. The van der Waals surface area contributed by atoms with Crippen LogP contribution < -0.4 is 26.2 Å². The second-order valence-electron chi connectivity index (χ2n) is 22.3. The number of hydrogen-bond acceptors (Lipinski definition) is 2. The lowest BCUT2D eigenvalue weighted by Gasteiger charge is -2.46. The molecular formula is C60H61BN2. The quantitative estimate of drug-likeness (QED) is 0.129. The molecule has 2 aliphatic rings. The van der Waals surface area contributed by atoms with Gasteiger partial charge in [0, 0.05) is 39.2 Å². The Morgan fingerprint density at radius 2 is 0.762 bits per heavy atom. The molecule has 63 heavy (non-hydrogen) atoms. The fourth-order valence-electron chi connectivity index (χ4n) is 10.3. The molecule has 0 bridgehead atoms. The summed E-state index contributed by atoms with van der Waals surface area (Å²) in [7, 11) is 0. The Balaban J connectivity index is 1.38. The standard InChI is InChI=1S/C60H61BN2/c1-57(2,3)39-26-30-43(31-27-39)62-50-32-28-40(58(4,5)6)34-48(50)61-49-35-41(59(7,8)9)29-33-51(49)63(53-37-42(60(10,11)12)36-52(62)55(53)61)56-46-24-18-16-22-44(46)54(38-20-14-13-15-21-38)45-23-17-19-25-47(45)56/h13-37H,1-12H3. The van der Waals surface area contributed by atoms with Gasteiger partial charge < -0.3 is 9.80 Å². The fourth-order valence-corrected chi connectivity index (χ4v) is 10.3. The molecule has 0 radical (unpaired) electrons. The predicted molar refractivity (Wildman–Crippen MR) is 276 cm³/mol. The number of hydrogen-bond donors (Lipinski definition) is 0. The Bertz CT molecular complexity index is 3040. The summed E-state index contributed by atoms with van der Waals surface area (Å²) >= 11 is 0. The normalized spacial score (nSPS) is 13.9. The van der Waals surface area contributed by atoms with Gasteiger partial charge in [-0.1, -0.05) is 198 Å². The van der Waals surface area contributed by atoms with Crippen molar-refractivity contribution in [2.75, 3.05) is 9.80 Å². The molecule has 8 aromatic carbocycles. The smallest absolute Gasteiger partial charge is 0.252 e. The Morgan fingerprint density at radius 1 is 0.349 bits per heavy atom. The van der Waals surface area contributed by atoms with Crippen LogP contribution in [0.5, 0.6) is 0 Å². The van der Waals surface area contributed by atoms with Gasteiger partial charge in [-0.3, -0.25) is 0 Å². The summed E-state index contributed by atoms with van der Waals surface area (Å²) in [5.41, 5.74) is 19.2. The summed E-state index contributed by atoms with van der Waals surface area (Å²) in [4.78, 5) is 5.26. The van der Waals surface area contributed by atoms with Crippen molar-refractivity contribution >= 4 is 78.8 Å². The highest BCUT2D eigenvalue weighted by Crippen LogP contribution is 2.52. The van der Waals surface area contributed by atoms with E-state index in [2.05, 4.69) is 245 Å². The van der Waals surface area contributed by atoms with E-state index in [1.165, 1.54) is 105 Å². The highest BCUT2D eigenvalue weighted by atomic mass is 15.2. The van der Waals surface area contributed by atoms with Crippen LogP contribution >= 0.6 is 0 Å². The van der Waals surface area contributed by atoms with Gasteiger partial charge in [0.2, 0.25) is 0 Å². The highest BCUT2D eigenvalue weighted by molar-refractivity contribution is 7.00. The molecule has 0 N–H and O–H groups in total. The topological polar surface area (TPSA) is 6.48 Å². The molecule has 0 fully saturated rings. The van der Waals surface area contributed by atoms with Crippen molar-refractivity contribution in [3.63, 3.8) is 0 Å². The summed E-state index contributed by atoms with van der Waals surface area (Å²) in [6, 6.07) is 58.4. The second kappa shape index (κ2) is 14.2. The molecule has 2 nitrogen and oxygen atoms in total. The van der Waals surface area contributed by atoms with E-state index in [1.54, 1.807) is 0 Å². The summed E-state index contributed by atoms with van der Waals surface area (Å²) in [6.07, 6.45) is 0. The van der Waals surface area contributed by atoms with Crippen molar-refractivity contribution in [1.82, 2.24) is 0 Å². The van der Waals surface area contributed by atoms with E-state index in [9.17, 15) is 0 Å². The Kier molecular flexibility index (Phi) is 9.26. The zero-order valence-electron chi connectivity index (χ0n) is 39.4. The molecule has 0 saturated heterocycles.